The average molecular weight is 393 g/mol. The maximum absolute atomic E-state index is 12.7. The standard InChI is InChI=1S/C17H19N3O4S2/c1-12-7-15(18-19(12)2)16(20(22)11-21)10-26(23,24)9-13-3-4-17-14(8-13)5-6-25-17/h3-8,11,16,22H,9-10H2,1-2H3/t16-/m1/s1. The number of aromatic nitrogens is 2. The molecule has 0 aliphatic carbocycles. The Morgan fingerprint density at radius 2 is 2.12 bits per heavy atom. The van der Waals surface area contributed by atoms with Crippen LogP contribution in [0.5, 0.6) is 0 Å². The van der Waals surface area contributed by atoms with E-state index in [0.717, 1.165) is 15.8 Å². The van der Waals surface area contributed by atoms with E-state index in [4.69, 9.17) is 0 Å². The Labute approximate surface area is 155 Å². The lowest BCUT2D eigenvalue weighted by molar-refractivity contribution is -0.159. The molecule has 1 N–H and O–H groups in total. The summed E-state index contributed by atoms with van der Waals surface area (Å²) >= 11 is 1.59. The number of hydroxylamine groups is 2. The lowest BCUT2D eigenvalue weighted by Gasteiger charge is -2.20. The summed E-state index contributed by atoms with van der Waals surface area (Å²) in [6, 6.07) is 8.07. The maximum Gasteiger partial charge on any atom is 0.233 e. The highest BCUT2D eigenvalue weighted by Gasteiger charge is 2.28. The van der Waals surface area contributed by atoms with E-state index in [9.17, 15) is 18.4 Å². The molecule has 9 heteroatoms. The van der Waals surface area contributed by atoms with Gasteiger partial charge in [-0.2, -0.15) is 5.10 Å². The summed E-state index contributed by atoms with van der Waals surface area (Å²) < 4.78 is 28.0. The minimum atomic E-state index is -3.60. The third-order valence-corrected chi connectivity index (χ3v) is 6.71. The molecule has 0 fully saturated rings. The van der Waals surface area contributed by atoms with Crippen LogP contribution in [0.2, 0.25) is 0 Å². The highest BCUT2D eigenvalue weighted by Crippen LogP contribution is 2.25. The molecule has 0 saturated heterocycles. The van der Waals surface area contributed by atoms with Crippen LogP contribution in [0, 0.1) is 6.92 Å². The molecule has 138 valence electrons. The second-order valence-corrected chi connectivity index (χ2v) is 9.24. The Balaban J connectivity index is 1.85. The van der Waals surface area contributed by atoms with E-state index in [-0.39, 0.29) is 12.2 Å². The minimum absolute atomic E-state index is 0.173. The van der Waals surface area contributed by atoms with Gasteiger partial charge in [0.1, 0.15) is 6.04 Å². The number of fused-ring (bicyclic) bond motifs is 1. The van der Waals surface area contributed by atoms with E-state index in [0.29, 0.717) is 16.3 Å². The molecule has 0 aliphatic heterocycles. The third kappa shape index (κ3) is 3.95. The molecular weight excluding hydrogens is 374 g/mol. The van der Waals surface area contributed by atoms with E-state index in [2.05, 4.69) is 5.10 Å². The van der Waals surface area contributed by atoms with Crippen LogP contribution in [0.3, 0.4) is 0 Å². The van der Waals surface area contributed by atoms with Crippen LogP contribution in [0.15, 0.2) is 35.7 Å². The molecule has 0 saturated carbocycles. The Bertz CT molecular complexity index is 1020. The van der Waals surface area contributed by atoms with Gasteiger partial charge in [0.05, 0.1) is 17.2 Å². The molecule has 2 heterocycles. The topological polar surface area (TPSA) is 92.5 Å². The highest BCUT2D eigenvalue weighted by atomic mass is 32.2. The summed E-state index contributed by atoms with van der Waals surface area (Å²) in [6.45, 7) is 1.81. The van der Waals surface area contributed by atoms with Crippen molar-refractivity contribution in [3.8, 4) is 0 Å². The molecule has 1 amide bonds. The van der Waals surface area contributed by atoms with Gasteiger partial charge in [0.2, 0.25) is 6.41 Å². The van der Waals surface area contributed by atoms with Gasteiger partial charge in [0.25, 0.3) is 0 Å². The Morgan fingerprint density at radius 3 is 2.77 bits per heavy atom. The summed E-state index contributed by atoms with van der Waals surface area (Å²) in [6.07, 6.45) is 0.196. The predicted molar refractivity (Wildman–Crippen MR) is 99.7 cm³/mol. The number of amides is 1. The van der Waals surface area contributed by atoms with E-state index in [1.54, 1.807) is 42.1 Å². The first-order chi connectivity index (χ1) is 12.3. The molecule has 0 bridgehead atoms. The summed E-state index contributed by atoms with van der Waals surface area (Å²) in [5.74, 6) is -0.589. The van der Waals surface area contributed by atoms with Gasteiger partial charge in [-0.3, -0.25) is 14.7 Å². The van der Waals surface area contributed by atoms with Crippen LogP contribution in [0.1, 0.15) is 23.0 Å². The maximum atomic E-state index is 12.7. The van der Waals surface area contributed by atoms with Crippen LogP contribution >= 0.6 is 11.3 Å². The summed E-state index contributed by atoms with van der Waals surface area (Å²) in [5.41, 5.74) is 1.79. The number of hydrogen-bond acceptors (Lipinski definition) is 6. The van der Waals surface area contributed by atoms with Gasteiger partial charge in [-0.1, -0.05) is 6.07 Å². The van der Waals surface area contributed by atoms with Crippen LogP contribution < -0.4 is 0 Å². The van der Waals surface area contributed by atoms with Crippen molar-refractivity contribution < 1.29 is 18.4 Å². The first kappa shape index (κ1) is 18.6. The zero-order valence-corrected chi connectivity index (χ0v) is 16.0. The summed E-state index contributed by atoms with van der Waals surface area (Å²) in [4.78, 5) is 11.0. The molecular formula is C17H19N3O4S2. The van der Waals surface area contributed by atoms with E-state index in [1.165, 1.54) is 0 Å². The van der Waals surface area contributed by atoms with Gasteiger partial charge in [0, 0.05) is 17.4 Å². The lowest BCUT2D eigenvalue weighted by Crippen LogP contribution is -2.31. The number of carbonyl (C=O) groups is 1. The smallest absolute Gasteiger partial charge is 0.233 e. The molecule has 0 unspecified atom stereocenters. The van der Waals surface area contributed by atoms with Crippen molar-refractivity contribution in [2.75, 3.05) is 5.75 Å². The number of hydrogen-bond donors (Lipinski definition) is 1. The van der Waals surface area contributed by atoms with Gasteiger partial charge in [-0.25, -0.2) is 13.5 Å². The first-order valence-corrected chi connectivity index (χ1v) is 10.6. The lowest BCUT2D eigenvalue weighted by atomic mass is 10.2. The molecule has 3 rings (SSSR count). The van der Waals surface area contributed by atoms with Crippen molar-refractivity contribution in [3.63, 3.8) is 0 Å². The fourth-order valence-electron chi connectivity index (χ4n) is 2.78. The second-order valence-electron chi connectivity index (χ2n) is 6.18. The van der Waals surface area contributed by atoms with Crippen LogP contribution in [-0.2, 0) is 27.4 Å². The monoisotopic (exact) mass is 393 g/mol. The van der Waals surface area contributed by atoms with Gasteiger partial charge < -0.3 is 0 Å². The van der Waals surface area contributed by atoms with Gasteiger partial charge in [0.15, 0.2) is 9.84 Å². The minimum Gasteiger partial charge on any atom is -0.285 e. The number of carbonyl (C=O) groups excluding carboxylic acids is 1. The number of sulfone groups is 1. The molecule has 1 aromatic carbocycles. The van der Waals surface area contributed by atoms with E-state index < -0.39 is 21.6 Å². The normalized spacial score (nSPS) is 13.0. The fourth-order valence-corrected chi connectivity index (χ4v) is 5.16. The number of nitrogens with zero attached hydrogens (tertiary/aromatic N) is 3. The van der Waals surface area contributed by atoms with Crippen molar-refractivity contribution >= 4 is 37.7 Å². The number of rotatable bonds is 7. The van der Waals surface area contributed by atoms with Gasteiger partial charge in [-0.15, -0.1) is 11.3 Å². The molecule has 0 spiro atoms. The molecule has 7 nitrogen and oxygen atoms in total. The molecule has 2 aromatic heterocycles. The average Bonchev–Trinajstić information content (AvgIpc) is 3.18. The quantitative estimate of drug-likeness (QED) is 0.378. The van der Waals surface area contributed by atoms with E-state index >= 15 is 0 Å². The molecule has 0 radical (unpaired) electrons. The number of aryl methyl sites for hydroxylation is 2. The second kappa shape index (κ2) is 7.18. The van der Waals surface area contributed by atoms with Crippen molar-refractivity contribution in [2.45, 2.75) is 18.7 Å². The van der Waals surface area contributed by atoms with Crippen molar-refractivity contribution in [3.05, 3.63) is 52.7 Å². The van der Waals surface area contributed by atoms with Gasteiger partial charge >= 0.3 is 0 Å². The summed E-state index contributed by atoms with van der Waals surface area (Å²) in [7, 11) is -1.89. The Morgan fingerprint density at radius 1 is 1.35 bits per heavy atom. The molecule has 1 atom stereocenters. The Kier molecular flexibility index (Phi) is 5.12. The first-order valence-electron chi connectivity index (χ1n) is 7.88. The number of thiophene rings is 1. The van der Waals surface area contributed by atoms with E-state index in [1.807, 2.05) is 23.6 Å². The number of benzene rings is 1. The highest BCUT2D eigenvalue weighted by molar-refractivity contribution is 7.90. The fraction of sp³-hybridized carbons (Fsp3) is 0.294. The molecule has 3 aromatic rings. The summed E-state index contributed by atoms with van der Waals surface area (Å²) in [5, 5.41) is 17.4. The molecule has 0 aliphatic rings. The van der Waals surface area contributed by atoms with Gasteiger partial charge in [-0.05, 0) is 47.5 Å². The van der Waals surface area contributed by atoms with Crippen LogP contribution in [-0.4, -0.2) is 40.6 Å². The third-order valence-electron chi connectivity index (χ3n) is 4.22. The molecule has 26 heavy (non-hydrogen) atoms. The SMILES string of the molecule is Cc1cc([C@@H](CS(=O)(=O)Cc2ccc3sccc3c2)N(O)C=O)nn1C. The zero-order chi connectivity index (χ0) is 18.9. The predicted octanol–water partition coefficient (Wildman–Crippen LogP) is 2.45. The zero-order valence-electron chi connectivity index (χ0n) is 14.4. The van der Waals surface area contributed by atoms with Crippen molar-refractivity contribution in [1.82, 2.24) is 14.8 Å². The largest absolute Gasteiger partial charge is 0.285 e. The van der Waals surface area contributed by atoms with Crippen molar-refractivity contribution in [1.29, 1.82) is 0 Å². The van der Waals surface area contributed by atoms with Crippen molar-refractivity contribution in [2.24, 2.45) is 7.05 Å². The Hall–Kier alpha value is -2.23. The van der Waals surface area contributed by atoms with Crippen LogP contribution in [0.25, 0.3) is 10.1 Å². The van der Waals surface area contributed by atoms with Crippen LogP contribution in [0.4, 0.5) is 0 Å².